The van der Waals surface area contributed by atoms with Gasteiger partial charge in [-0.2, -0.15) is 0 Å². The maximum Gasteiger partial charge on any atom is 0.130 e. The maximum absolute atomic E-state index is 13.8. The number of ether oxygens (including phenoxy) is 1. The van der Waals surface area contributed by atoms with E-state index in [9.17, 15) is 8.78 Å². The lowest BCUT2D eigenvalue weighted by Crippen LogP contribution is -2.06. The minimum Gasteiger partial charge on any atom is -0.491 e. The van der Waals surface area contributed by atoms with Gasteiger partial charge in [-0.15, -0.1) is 0 Å². The Bertz CT molecular complexity index is 599. The van der Waals surface area contributed by atoms with Crippen LogP contribution in [0.4, 0.5) is 8.78 Å². The van der Waals surface area contributed by atoms with Gasteiger partial charge in [0.1, 0.15) is 17.4 Å². The molecule has 0 spiro atoms. The van der Waals surface area contributed by atoms with Crippen molar-refractivity contribution in [2.45, 2.75) is 24.8 Å². The Labute approximate surface area is 125 Å². The van der Waals surface area contributed by atoms with Crippen LogP contribution in [0.1, 0.15) is 29.8 Å². The molecule has 0 heterocycles. The molecule has 4 heteroatoms. The van der Waals surface area contributed by atoms with E-state index in [4.69, 9.17) is 4.74 Å². The molecule has 0 N–H and O–H groups in total. The first-order valence-corrected chi connectivity index (χ1v) is 7.24. The van der Waals surface area contributed by atoms with Crippen LogP contribution in [-0.2, 0) is 0 Å². The monoisotopic (exact) mass is 340 g/mol. The SMILES string of the molecule is CC(C)Oc1cccc(C(Br)c2ccc(F)cc2F)c1. The second-order valence-electron chi connectivity index (χ2n) is 4.77. The zero-order valence-electron chi connectivity index (χ0n) is 11.2. The fourth-order valence-electron chi connectivity index (χ4n) is 1.90. The lowest BCUT2D eigenvalue weighted by atomic mass is 10.0. The normalized spacial score (nSPS) is 12.5. The number of rotatable bonds is 4. The molecule has 1 atom stereocenters. The summed E-state index contributed by atoms with van der Waals surface area (Å²) in [5, 5.41) is 0. The lowest BCUT2D eigenvalue weighted by molar-refractivity contribution is 0.242. The van der Waals surface area contributed by atoms with E-state index in [1.54, 1.807) is 0 Å². The van der Waals surface area contributed by atoms with E-state index in [-0.39, 0.29) is 10.9 Å². The number of halogens is 3. The lowest BCUT2D eigenvalue weighted by Gasteiger charge is -2.15. The third-order valence-corrected chi connectivity index (χ3v) is 3.78. The molecule has 1 unspecified atom stereocenters. The van der Waals surface area contributed by atoms with Crippen molar-refractivity contribution in [3.63, 3.8) is 0 Å². The molecule has 2 aromatic rings. The highest BCUT2D eigenvalue weighted by Gasteiger charge is 2.16. The number of alkyl halides is 1. The predicted molar refractivity (Wildman–Crippen MR) is 79.3 cm³/mol. The van der Waals surface area contributed by atoms with Crippen molar-refractivity contribution in [2.24, 2.45) is 0 Å². The quantitative estimate of drug-likeness (QED) is 0.692. The summed E-state index contributed by atoms with van der Waals surface area (Å²) in [6, 6.07) is 11.0. The van der Waals surface area contributed by atoms with Crippen LogP contribution in [0.5, 0.6) is 5.75 Å². The Hall–Kier alpha value is -1.42. The Morgan fingerprint density at radius 2 is 1.80 bits per heavy atom. The first-order valence-electron chi connectivity index (χ1n) is 6.33. The molecule has 0 aliphatic rings. The van der Waals surface area contributed by atoms with Gasteiger partial charge in [0, 0.05) is 11.6 Å². The molecule has 0 bridgehead atoms. The van der Waals surface area contributed by atoms with Crippen molar-refractivity contribution in [1.82, 2.24) is 0 Å². The first-order chi connectivity index (χ1) is 9.47. The third-order valence-electron chi connectivity index (χ3n) is 2.76. The summed E-state index contributed by atoms with van der Waals surface area (Å²) in [5.41, 5.74) is 1.25. The molecule has 0 saturated heterocycles. The van der Waals surface area contributed by atoms with Crippen LogP contribution in [-0.4, -0.2) is 6.10 Å². The van der Waals surface area contributed by atoms with E-state index in [1.807, 2.05) is 38.1 Å². The molecule has 0 amide bonds. The largest absolute Gasteiger partial charge is 0.491 e. The van der Waals surface area contributed by atoms with Crippen LogP contribution in [0.2, 0.25) is 0 Å². The summed E-state index contributed by atoms with van der Waals surface area (Å²) >= 11 is 3.45. The zero-order chi connectivity index (χ0) is 14.7. The number of hydrogen-bond acceptors (Lipinski definition) is 1. The van der Waals surface area contributed by atoms with Gasteiger partial charge in [-0.25, -0.2) is 8.78 Å². The van der Waals surface area contributed by atoms with Gasteiger partial charge < -0.3 is 4.74 Å². The molecule has 2 rings (SSSR count). The van der Waals surface area contributed by atoms with E-state index in [0.717, 1.165) is 17.4 Å². The standard InChI is InChI=1S/C16H15BrF2O/c1-10(2)20-13-5-3-4-11(8-13)16(17)14-7-6-12(18)9-15(14)19/h3-10,16H,1-2H3. The molecular formula is C16H15BrF2O. The van der Waals surface area contributed by atoms with Crippen molar-refractivity contribution in [1.29, 1.82) is 0 Å². The van der Waals surface area contributed by atoms with Gasteiger partial charge in [0.05, 0.1) is 10.9 Å². The van der Waals surface area contributed by atoms with Crippen molar-refractivity contribution in [3.05, 3.63) is 65.2 Å². The molecule has 0 fully saturated rings. The molecule has 0 aliphatic heterocycles. The van der Waals surface area contributed by atoms with Crippen LogP contribution >= 0.6 is 15.9 Å². The fraction of sp³-hybridized carbons (Fsp3) is 0.250. The predicted octanol–water partition coefficient (Wildman–Crippen LogP) is 5.24. The molecule has 2 aromatic carbocycles. The minimum atomic E-state index is -0.581. The highest BCUT2D eigenvalue weighted by molar-refractivity contribution is 9.09. The maximum atomic E-state index is 13.8. The second-order valence-corrected chi connectivity index (χ2v) is 5.68. The van der Waals surface area contributed by atoms with Gasteiger partial charge in [-0.3, -0.25) is 0 Å². The van der Waals surface area contributed by atoms with Crippen molar-refractivity contribution in [3.8, 4) is 5.75 Å². The molecule has 1 nitrogen and oxygen atoms in total. The van der Waals surface area contributed by atoms with E-state index < -0.39 is 11.6 Å². The van der Waals surface area contributed by atoms with Crippen LogP contribution < -0.4 is 4.74 Å². The summed E-state index contributed by atoms with van der Waals surface area (Å²) in [6.45, 7) is 3.88. The minimum absolute atomic E-state index is 0.0709. The van der Waals surface area contributed by atoms with E-state index >= 15 is 0 Å². The first kappa shape index (κ1) is 15.0. The molecule has 0 saturated carbocycles. The molecule has 0 aliphatic carbocycles. The van der Waals surface area contributed by atoms with Crippen molar-refractivity contribution in [2.75, 3.05) is 0 Å². The van der Waals surface area contributed by atoms with Gasteiger partial charge in [0.2, 0.25) is 0 Å². The van der Waals surface area contributed by atoms with Gasteiger partial charge in [-0.05, 0) is 37.6 Å². The highest BCUT2D eigenvalue weighted by Crippen LogP contribution is 2.34. The molecular weight excluding hydrogens is 326 g/mol. The second kappa shape index (κ2) is 6.35. The van der Waals surface area contributed by atoms with Gasteiger partial charge in [0.15, 0.2) is 0 Å². The summed E-state index contributed by atoms with van der Waals surface area (Å²) in [4.78, 5) is -0.348. The Kier molecular flexibility index (Phi) is 4.76. The van der Waals surface area contributed by atoms with Crippen molar-refractivity contribution >= 4 is 15.9 Å². The van der Waals surface area contributed by atoms with E-state index in [2.05, 4.69) is 15.9 Å². The van der Waals surface area contributed by atoms with Crippen molar-refractivity contribution < 1.29 is 13.5 Å². The van der Waals surface area contributed by atoms with Crippen LogP contribution in [0.15, 0.2) is 42.5 Å². The summed E-state index contributed by atoms with van der Waals surface area (Å²) in [6.07, 6.45) is 0.0709. The Balaban J connectivity index is 2.30. The molecule has 106 valence electrons. The topological polar surface area (TPSA) is 9.23 Å². The number of hydrogen-bond donors (Lipinski definition) is 0. The van der Waals surface area contributed by atoms with Crippen LogP contribution in [0.25, 0.3) is 0 Å². The summed E-state index contributed by atoms with van der Waals surface area (Å²) < 4.78 is 32.4. The molecule has 0 aromatic heterocycles. The van der Waals surface area contributed by atoms with Crippen LogP contribution in [0, 0.1) is 11.6 Å². The van der Waals surface area contributed by atoms with E-state index in [0.29, 0.717) is 5.56 Å². The average molecular weight is 341 g/mol. The van der Waals surface area contributed by atoms with Gasteiger partial charge in [0.25, 0.3) is 0 Å². The third kappa shape index (κ3) is 3.57. The Morgan fingerprint density at radius 1 is 1.05 bits per heavy atom. The average Bonchev–Trinajstić information content (AvgIpc) is 2.37. The zero-order valence-corrected chi connectivity index (χ0v) is 12.8. The molecule has 0 radical (unpaired) electrons. The molecule has 20 heavy (non-hydrogen) atoms. The van der Waals surface area contributed by atoms with Gasteiger partial charge in [-0.1, -0.05) is 34.1 Å². The van der Waals surface area contributed by atoms with Crippen LogP contribution in [0.3, 0.4) is 0 Å². The highest BCUT2D eigenvalue weighted by atomic mass is 79.9. The number of benzene rings is 2. The Morgan fingerprint density at radius 3 is 2.45 bits per heavy atom. The van der Waals surface area contributed by atoms with E-state index in [1.165, 1.54) is 12.1 Å². The smallest absolute Gasteiger partial charge is 0.130 e. The summed E-state index contributed by atoms with van der Waals surface area (Å²) in [5.74, 6) is -0.422. The fourth-order valence-corrected chi connectivity index (χ4v) is 2.56. The summed E-state index contributed by atoms with van der Waals surface area (Å²) in [7, 11) is 0. The van der Waals surface area contributed by atoms with Gasteiger partial charge >= 0.3 is 0 Å².